The standard InChI is InChI=1S/C26H28O4/c27-24(21(20-14-8-3-9-15-20)16-18-10-4-1-5-11-18)23-25(28)22(30-26(23)29)17-19-12-6-2-7-13-19/h1,3-5,8-11,14-15,19,21-22,28H,2,6-7,12-13,16-17H2. The lowest BCUT2D eigenvalue weighted by molar-refractivity contribution is -0.142. The van der Waals surface area contributed by atoms with E-state index in [-0.39, 0.29) is 17.1 Å². The topological polar surface area (TPSA) is 63.6 Å². The molecule has 30 heavy (non-hydrogen) atoms. The van der Waals surface area contributed by atoms with Gasteiger partial charge >= 0.3 is 5.97 Å². The van der Waals surface area contributed by atoms with Gasteiger partial charge in [0.05, 0.1) is 5.92 Å². The van der Waals surface area contributed by atoms with Gasteiger partial charge in [0, 0.05) is 0 Å². The smallest absolute Gasteiger partial charge is 0.346 e. The van der Waals surface area contributed by atoms with Crippen LogP contribution in [0.25, 0.3) is 0 Å². The molecule has 1 heterocycles. The molecular formula is C26H28O4. The van der Waals surface area contributed by atoms with Gasteiger partial charge in [0.15, 0.2) is 17.6 Å². The first-order chi connectivity index (χ1) is 14.6. The Bertz CT molecular complexity index is 911. The summed E-state index contributed by atoms with van der Waals surface area (Å²) in [6.07, 6.45) is 6.14. The first-order valence-corrected chi connectivity index (χ1v) is 10.9. The molecule has 0 aromatic heterocycles. The zero-order chi connectivity index (χ0) is 20.9. The quantitative estimate of drug-likeness (QED) is 0.503. The van der Waals surface area contributed by atoms with E-state index >= 15 is 0 Å². The van der Waals surface area contributed by atoms with Crippen LogP contribution in [-0.2, 0) is 20.7 Å². The third kappa shape index (κ3) is 4.48. The van der Waals surface area contributed by atoms with E-state index in [2.05, 4.69) is 0 Å². The van der Waals surface area contributed by atoms with Crippen molar-refractivity contribution in [3.63, 3.8) is 0 Å². The minimum absolute atomic E-state index is 0.166. The van der Waals surface area contributed by atoms with Crippen LogP contribution in [0.5, 0.6) is 0 Å². The summed E-state index contributed by atoms with van der Waals surface area (Å²) in [7, 11) is 0. The number of hydrogen-bond donors (Lipinski definition) is 1. The molecule has 4 heteroatoms. The van der Waals surface area contributed by atoms with E-state index in [0.29, 0.717) is 18.8 Å². The van der Waals surface area contributed by atoms with Crippen LogP contribution in [0, 0.1) is 5.92 Å². The van der Waals surface area contributed by atoms with Gasteiger partial charge < -0.3 is 9.84 Å². The van der Waals surface area contributed by atoms with Crippen LogP contribution >= 0.6 is 0 Å². The number of carbonyl (C=O) groups excluding carboxylic acids is 2. The average molecular weight is 405 g/mol. The SMILES string of the molecule is O=C1OC(CC2CCCCC2)C(O)=C1C(=O)C(Cc1ccccc1)c1ccccc1. The van der Waals surface area contributed by atoms with Gasteiger partial charge in [0.2, 0.25) is 0 Å². The Kier molecular flexibility index (Phi) is 6.32. The number of Topliss-reactive ketones (excluding diaryl/α,β-unsaturated/α-hetero) is 1. The molecule has 0 radical (unpaired) electrons. The molecule has 1 aliphatic heterocycles. The molecule has 1 saturated carbocycles. The number of cyclic esters (lactones) is 1. The second-order valence-corrected chi connectivity index (χ2v) is 8.41. The Hall–Kier alpha value is -2.88. The molecule has 0 amide bonds. The highest BCUT2D eigenvalue weighted by Gasteiger charge is 2.41. The van der Waals surface area contributed by atoms with E-state index < -0.39 is 18.0 Å². The lowest BCUT2D eigenvalue weighted by atomic mass is 9.83. The lowest BCUT2D eigenvalue weighted by Crippen LogP contribution is -2.21. The number of hydrogen-bond acceptors (Lipinski definition) is 4. The van der Waals surface area contributed by atoms with Gasteiger partial charge in [-0.05, 0) is 29.9 Å². The summed E-state index contributed by atoms with van der Waals surface area (Å²) >= 11 is 0. The van der Waals surface area contributed by atoms with Crippen molar-refractivity contribution >= 4 is 11.8 Å². The maximum atomic E-state index is 13.5. The van der Waals surface area contributed by atoms with Gasteiger partial charge in [-0.1, -0.05) is 92.8 Å². The van der Waals surface area contributed by atoms with Crippen molar-refractivity contribution in [2.75, 3.05) is 0 Å². The molecule has 1 N–H and O–H groups in total. The molecular weight excluding hydrogens is 376 g/mol. The number of rotatable bonds is 7. The van der Waals surface area contributed by atoms with Gasteiger partial charge in [0.1, 0.15) is 5.57 Å². The Morgan fingerprint density at radius 1 is 0.967 bits per heavy atom. The molecule has 2 unspecified atom stereocenters. The van der Waals surface area contributed by atoms with E-state index in [0.717, 1.165) is 24.0 Å². The molecule has 1 fully saturated rings. The molecule has 2 aromatic rings. The van der Waals surface area contributed by atoms with Gasteiger partial charge in [-0.15, -0.1) is 0 Å². The third-order valence-electron chi connectivity index (χ3n) is 6.33. The van der Waals surface area contributed by atoms with Crippen molar-refractivity contribution in [3.05, 3.63) is 83.1 Å². The minimum atomic E-state index is -0.688. The Balaban J connectivity index is 1.60. The second kappa shape index (κ2) is 9.29. The van der Waals surface area contributed by atoms with Crippen LogP contribution in [0.1, 0.15) is 55.6 Å². The van der Waals surface area contributed by atoms with Crippen LogP contribution in [0.15, 0.2) is 72.0 Å². The average Bonchev–Trinajstić information content (AvgIpc) is 3.06. The zero-order valence-corrected chi connectivity index (χ0v) is 17.1. The van der Waals surface area contributed by atoms with Crippen molar-refractivity contribution in [2.45, 2.75) is 57.0 Å². The molecule has 156 valence electrons. The second-order valence-electron chi connectivity index (χ2n) is 8.41. The highest BCUT2D eigenvalue weighted by molar-refractivity contribution is 6.21. The van der Waals surface area contributed by atoms with Crippen molar-refractivity contribution in [1.82, 2.24) is 0 Å². The summed E-state index contributed by atoms with van der Waals surface area (Å²) in [6, 6.07) is 19.2. The van der Waals surface area contributed by atoms with Gasteiger partial charge in [-0.3, -0.25) is 4.79 Å². The molecule has 0 bridgehead atoms. The molecule has 0 saturated heterocycles. The van der Waals surface area contributed by atoms with Crippen LogP contribution in [0.2, 0.25) is 0 Å². The summed E-state index contributed by atoms with van der Waals surface area (Å²) in [5, 5.41) is 10.8. The Labute approximate surface area is 177 Å². The van der Waals surface area contributed by atoms with Crippen LogP contribution in [0.3, 0.4) is 0 Å². The van der Waals surface area contributed by atoms with E-state index in [1.165, 1.54) is 19.3 Å². The predicted octanol–water partition coefficient (Wildman–Crippen LogP) is 5.29. The molecule has 2 aromatic carbocycles. The van der Waals surface area contributed by atoms with Crippen molar-refractivity contribution in [3.8, 4) is 0 Å². The number of benzene rings is 2. The Morgan fingerprint density at radius 3 is 2.27 bits per heavy atom. The van der Waals surface area contributed by atoms with E-state index in [4.69, 9.17) is 4.74 Å². The molecule has 4 rings (SSSR count). The van der Waals surface area contributed by atoms with E-state index in [1.54, 1.807) is 0 Å². The monoisotopic (exact) mass is 404 g/mol. The van der Waals surface area contributed by atoms with Crippen LogP contribution < -0.4 is 0 Å². The molecule has 2 atom stereocenters. The summed E-state index contributed by atoms with van der Waals surface area (Å²) < 4.78 is 5.46. The molecule has 2 aliphatic rings. The van der Waals surface area contributed by atoms with E-state index in [1.807, 2.05) is 60.7 Å². The predicted molar refractivity (Wildman–Crippen MR) is 115 cm³/mol. The van der Waals surface area contributed by atoms with Crippen LogP contribution in [0.4, 0.5) is 0 Å². The summed E-state index contributed by atoms with van der Waals surface area (Å²) in [5.74, 6) is -1.34. The first-order valence-electron chi connectivity index (χ1n) is 10.9. The van der Waals surface area contributed by atoms with Crippen LogP contribution in [-0.4, -0.2) is 23.0 Å². The highest BCUT2D eigenvalue weighted by Crippen LogP contribution is 2.35. The molecule has 4 nitrogen and oxygen atoms in total. The number of carbonyl (C=O) groups is 2. The van der Waals surface area contributed by atoms with E-state index in [9.17, 15) is 14.7 Å². The largest absolute Gasteiger partial charge is 0.507 e. The number of ether oxygens (including phenoxy) is 1. The number of aliphatic hydroxyl groups is 1. The molecule has 0 spiro atoms. The summed E-state index contributed by atoms with van der Waals surface area (Å²) in [5.41, 5.74) is 1.67. The van der Waals surface area contributed by atoms with Gasteiger partial charge in [-0.2, -0.15) is 0 Å². The molecule has 1 aliphatic carbocycles. The maximum Gasteiger partial charge on any atom is 0.346 e. The Morgan fingerprint density at radius 2 is 1.60 bits per heavy atom. The fourth-order valence-electron chi connectivity index (χ4n) is 4.69. The fraction of sp³-hybridized carbons (Fsp3) is 0.385. The van der Waals surface area contributed by atoms with Crippen molar-refractivity contribution < 1.29 is 19.4 Å². The highest BCUT2D eigenvalue weighted by atomic mass is 16.6. The summed E-state index contributed by atoms with van der Waals surface area (Å²) in [4.78, 5) is 26.1. The number of ketones is 1. The summed E-state index contributed by atoms with van der Waals surface area (Å²) in [6.45, 7) is 0. The van der Waals surface area contributed by atoms with Gasteiger partial charge in [-0.25, -0.2) is 4.79 Å². The number of esters is 1. The lowest BCUT2D eigenvalue weighted by Gasteiger charge is -2.23. The fourth-order valence-corrected chi connectivity index (χ4v) is 4.69. The van der Waals surface area contributed by atoms with Crippen molar-refractivity contribution in [2.24, 2.45) is 5.92 Å². The number of aliphatic hydroxyl groups excluding tert-OH is 1. The third-order valence-corrected chi connectivity index (χ3v) is 6.33. The zero-order valence-electron chi connectivity index (χ0n) is 17.1. The first kappa shape index (κ1) is 20.4. The minimum Gasteiger partial charge on any atom is -0.507 e. The normalized spacial score (nSPS) is 20.8. The maximum absolute atomic E-state index is 13.5. The van der Waals surface area contributed by atoms with Gasteiger partial charge in [0.25, 0.3) is 0 Å². The van der Waals surface area contributed by atoms with Crippen molar-refractivity contribution in [1.29, 1.82) is 0 Å².